The van der Waals surface area contributed by atoms with Crippen LogP contribution in [-0.2, 0) is 4.79 Å². The smallest absolute Gasteiger partial charge is 0.221 e. The van der Waals surface area contributed by atoms with Gasteiger partial charge in [0.15, 0.2) is 5.82 Å². The predicted octanol–water partition coefficient (Wildman–Crippen LogP) is 4.24. The van der Waals surface area contributed by atoms with Gasteiger partial charge < -0.3 is 10.2 Å². The van der Waals surface area contributed by atoms with E-state index in [-0.39, 0.29) is 5.91 Å². The van der Waals surface area contributed by atoms with Crippen LogP contribution in [0.4, 0.5) is 5.82 Å². The van der Waals surface area contributed by atoms with Crippen LogP contribution in [0, 0.1) is 0 Å². The molecule has 1 saturated carbocycles. The van der Waals surface area contributed by atoms with Gasteiger partial charge in [-0.25, -0.2) is 9.97 Å². The zero-order chi connectivity index (χ0) is 18.6. The summed E-state index contributed by atoms with van der Waals surface area (Å²) in [6, 6.07) is 12.6. The second-order valence-corrected chi connectivity index (χ2v) is 7.89. The molecule has 1 aliphatic rings. The standard InChI is InChI=1S/C21H24N4OS/c1-2-12-25(13-11-19(26)22-15-9-10-15)21-16-6-3-4-7-17(16)23-20(24-21)18-8-5-14-27-18/h3-8,14-15H,2,9-13H2,1H3,(H,22,26). The Balaban J connectivity index is 1.66. The number of fused-ring (bicyclic) bond motifs is 1. The number of aromatic nitrogens is 2. The maximum absolute atomic E-state index is 12.2. The van der Waals surface area contributed by atoms with E-state index in [0.717, 1.165) is 53.2 Å². The molecule has 3 aromatic rings. The number of rotatable bonds is 8. The van der Waals surface area contributed by atoms with Gasteiger partial charge in [0.25, 0.3) is 0 Å². The van der Waals surface area contributed by atoms with E-state index >= 15 is 0 Å². The van der Waals surface area contributed by atoms with Crippen molar-refractivity contribution in [2.75, 3.05) is 18.0 Å². The lowest BCUT2D eigenvalue weighted by Crippen LogP contribution is -2.33. The molecule has 1 amide bonds. The molecule has 0 atom stereocenters. The highest BCUT2D eigenvalue weighted by molar-refractivity contribution is 7.13. The van der Waals surface area contributed by atoms with Crippen LogP contribution in [0.3, 0.4) is 0 Å². The molecule has 1 aromatic carbocycles. The first-order valence-electron chi connectivity index (χ1n) is 9.59. The molecule has 5 nitrogen and oxygen atoms in total. The number of carbonyl (C=O) groups is 1. The van der Waals surface area contributed by atoms with Crippen molar-refractivity contribution in [3.8, 4) is 10.7 Å². The maximum Gasteiger partial charge on any atom is 0.221 e. The molecule has 0 bridgehead atoms. The Morgan fingerprint density at radius 2 is 2.04 bits per heavy atom. The largest absolute Gasteiger partial charge is 0.355 e. The summed E-state index contributed by atoms with van der Waals surface area (Å²) in [5.74, 6) is 1.81. The Labute approximate surface area is 163 Å². The number of amides is 1. The summed E-state index contributed by atoms with van der Waals surface area (Å²) in [6.07, 6.45) is 3.72. The number of anilines is 1. The first-order chi connectivity index (χ1) is 13.2. The summed E-state index contributed by atoms with van der Waals surface area (Å²) >= 11 is 1.64. The minimum atomic E-state index is 0.135. The second-order valence-electron chi connectivity index (χ2n) is 6.94. The molecule has 0 aliphatic heterocycles. The third-order valence-corrected chi connectivity index (χ3v) is 5.53. The van der Waals surface area contributed by atoms with Crippen molar-refractivity contribution in [1.29, 1.82) is 0 Å². The number of nitrogens with one attached hydrogen (secondary N) is 1. The van der Waals surface area contributed by atoms with Gasteiger partial charge in [-0.05, 0) is 42.8 Å². The molecule has 140 valence electrons. The Hall–Kier alpha value is -2.47. The van der Waals surface area contributed by atoms with Gasteiger partial charge in [0.05, 0.1) is 10.4 Å². The molecule has 0 saturated heterocycles. The first kappa shape index (κ1) is 17.9. The minimum absolute atomic E-state index is 0.135. The van der Waals surface area contributed by atoms with E-state index in [9.17, 15) is 4.79 Å². The number of benzene rings is 1. The van der Waals surface area contributed by atoms with Crippen molar-refractivity contribution in [1.82, 2.24) is 15.3 Å². The summed E-state index contributed by atoms with van der Waals surface area (Å²) in [7, 11) is 0. The summed E-state index contributed by atoms with van der Waals surface area (Å²) < 4.78 is 0. The number of hydrogen-bond acceptors (Lipinski definition) is 5. The molecule has 6 heteroatoms. The van der Waals surface area contributed by atoms with E-state index in [0.29, 0.717) is 19.0 Å². The van der Waals surface area contributed by atoms with Crippen molar-refractivity contribution in [3.05, 3.63) is 41.8 Å². The van der Waals surface area contributed by atoms with Crippen LogP contribution >= 0.6 is 11.3 Å². The van der Waals surface area contributed by atoms with Gasteiger partial charge in [0.2, 0.25) is 5.91 Å². The van der Waals surface area contributed by atoms with Gasteiger partial charge in [-0.3, -0.25) is 4.79 Å². The minimum Gasteiger partial charge on any atom is -0.355 e. The van der Waals surface area contributed by atoms with Crippen molar-refractivity contribution in [3.63, 3.8) is 0 Å². The van der Waals surface area contributed by atoms with Crippen molar-refractivity contribution in [2.24, 2.45) is 0 Å². The number of carbonyl (C=O) groups excluding carboxylic acids is 1. The maximum atomic E-state index is 12.2. The van der Waals surface area contributed by atoms with E-state index in [4.69, 9.17) is 9.97 Å². The van der Waals surface area contributed by atoms with Crippen LogP contribution in [0.15, 0.2) is 41.8 Å². The lowest BCUT2D eigenvalue weighted by molar-refractivity contribution is -0.121. The molecule has 1 aliphatic carbocycles. The van der Waals surface area contributed by atoms with E-state index < -0.39 is 0 Å². The lowest BCUT2D eigenvalue weighted by atomic mass is 10.2. The highest BCUT2D eigenvalue weighted by Crippen LogP contribution is 2.29. The van der Waals surface area contributed by atoms with E-state index in [1.165, 1.54) is 0 Å². The summed E-state index contributed by atoms with van der Waals surface area (Å²) in [5, 5.41) is 6.15. The normalized spacial score (nSPS) is 13.7. The van der Waals surface area contributed by atoms with Crippen molar-refractivity contribution >= 4 is 34.0 Å². The highest BCUT2D eigenvalue weighted by atomic mass is 32.1. The summed E-state index contributed by atoms with van der Waals surface area (Å²) in [4.78, 5) is 25.1. The molecule has 2 aromatic heterocycles. The fourth-order valence-electron chi connectivity index (χ4n) is 3.17. The lowest BCUT2D eigenvalue weighted by Gasteiger charge is -2.24. The number of thiophene rings is 1. The number of hydrogen-bond donors (Lipinski definition) is 1. The predicted molar refractivity (Wildman–Crippen MR) is 111 cm³/mol. The Morgan fingerprint density at radius 3 is 2.78 bits per heavy atom. The quantitative estimate of drug-likeness (QED) is 0.635. The molecule has 1 N–H and O–H groups in total. The van der Waals surface area contributed by atoms with Crippen LogP contribution in [0.1, 0.15) is 32.6 Å². The third-order valence-electron chi connectivity index (χ3n) is 4.67. The van der Waals surface area contributed by atoms with Gasteiger partial charge in [-0.1, -0.05) is 25.1 Å². The first-order valence-corrected chi connectivity index (χ1v) is 10.5. The van der Waals surface area contributed by atoms with Gasteiger partial charge in [0, 0.05) is 30.9 Å². The van der Waals surface area contributed by atoms with E-state index in [2.05, 4.69) is 23.2 Å². The fourth-order valence-corrected chi connectivity index (χ4v) is 3.83. The Morgan fingerprint density at radius 1 is 1.19 bits per heavy atom. The zero-order valence-corrected chi connectivity index (χ0v) is 16.3. The number of para-hydroxylation sites is 1. The molecular formula is C21H24N4OS. The average Bonchev–Trinajstić information content (AvgIpc) is 3.32. The molecule has 0 unspecified atom stereocenters. The van der Waals surface area contributed by atoms with Gasteiger partial charge >= 0.3 is 0 Å². The molecule has 1 fully saturated rings. The summed E-state index contributed by atoms with van der Waals surface area (Å²) in [5.41, 5.74) is 0.939. The van der Waals surface area contributed by atoms with Crippen molar-refractivity contribution in [2.45, 2.75) is 38.6 Å². The van der Waals surface area contributed by atoms with Crippen LogP contribution in [0.5, 0.6) is 0 Å². The molecule has 4 rings (SSSR count). The highest BCUT2D eigenvalue weighted by Gasteiger charge is 2.23. The molecule has 0 radical (unpaired) electrons. The van der Waals surface area contributed by atoms with Crippen LogP contribution in [0.2, 0.25) is 0 Å². The second kappa shape index (κ2) is 8.05. The molecule has 27 heavy (non-hydrogen) atoms. The van der Waals surface area contributed by atoms with Crippen molar-refractivity contribution < 1.29 is 4.79 Å². The van der Waals surface area contributed by atoms with Crippen LogP contribution in [0.25, 0.3) is 21.6 Å². The molecule has 2 heterocycles. The zero-order valence-electron chi connectivity index (χ0n) is 15.5. The fraction of sp³-hybridized carbons (Fsp3) is 0.381. The van der Waals surface area contributed by atoms with Crippen LogP contribution in [-0.4, -0.2) is 35.0 Å². The monoisotopic (exact) mass is 380 g/mol. The van der Waals surface area contributed by atoms with E-state index in [1.54, 1.807) is 11.3 Å². The molecule has 0 spiro atoms. The number of nitrogens with zero attached hydrogens (tertiary/aromatic N) is 3. The molecular weight excluding hydrogens is 356 g/mol. The SMILES string of the molecule is CCCN(CCC(=O)NC1CC1)c1nc(-c2cccs2)nc2ccccc12. The topological polar surface area (TPSA) is 58.1 Å². The summed E-state index contributed by atoms with van der Waals surface area (Å²) in [6.45, 7) is 3.68. The van der Waals surface area contributed by atoms with Gasteiger partial charge in [0.1, 0.15) is 5.82 Å². The van der Waals surface area contributed by atoms with Gasteiger partial charge in [-0.15, -0.1) is 11.3 Å². The van der Waals surface area contributed by atoms with Gasteiger partial charge in [-0.2, -0.15) is 0 Å². The Bertz CT molecular complexity index is 921. The van der Waals surface area contributed by atoms with Crippen LogP contribution < -0.4 is 10.2 Å². The average molecular weight is 381 g/mol. The van der Waals surface area contributed by atoms with E-state index in [1.807, 2.05) is 35.7 Å². The third kappa shape index (κ3) is 4.27. The Kier molecular flexibility index (Phi) is 5.34.